The average Bonchev–Trinajstić information content (AvgIpc) is 3.56. The molecule has 0 aliphatic rings. The van der Waals surface area contributed by atoms with Crippen molar-refractivity contribution in [1.29, 1.82) is 0 Å². The fraction of sp³-hybridized carbons (Fsp3) is 0. The van der Waals surface area contributed by atoms with Crippen LogP contribution in [0.4, 0.5) is 0 Å². The van der Waals surface area contributed by atoms with Gasteiger partial charge in [-0.15, -0.1) is 0 Å². The first-order valence-electron chi connectivity index (χ1n) is 12.8. The predicted octanol–water partition coefficient (Wildman–Crippen LogP) is 9.41. The van der Waals surface area contributed by atoms with Gasteiger partial charge in [-0.3, -0.25) is 0 Å². The molecule has 0 unspecified atom stereocenters. The van der Waals surface area contributed by atoms with E-state index in [0.717, 1.165) is 27.9 Å². The molecule has 8 rings (SSSR count). The van der Waals surface area contributed by atoms with Crippen LogP contribution in [-0.2, 0) is 0 Å². The number of fused-ring (bicyclic) bond motifs is 5. The van der Waals surface area contributed by atoms with Crippen molar-refractivity contribution in [3.05, 3.63) is 133 Å². The summed E-state index contributed by atoms with van der Waals surface area (Å²) in [6, 6.07) is 46.8. The van der Waals surface area contributed by atoms with Crippen molar-refractivity contribution in [2.45, 2.75) is 0 Å². The van der Waals surface area contributed by atoms with E-state index in [1.54, 1.807) is 0 Å². The van der Waals surface area contributed by atoms with Gasteiger partial charge >= 0.3 is 0 Å². The summed E-state index contributed by atoms with van der Waals surface area (Å²) in [4.78, 5) is 4.85. The molecule has 8 aromatic rings. The number of nitrogens with zero attached hydrogens (tertiary/aromatic N) is 2. The highest BCUT2D eigenvalue weighted by atomic mass is 16.3. The van der Waals surface area contributed by atoms with Crippen molar-refractivity contribution in [2.24, 2.45) is 0 Å². The molecule has 0 saturated carbocycles. The Labute approximate surface area is 219 Å². The lowest BCUT2D eigenvalue weighted by Crippen LogP contribution is -1.93. The second-order valence-corrected chi connectivity index (χ2v) is 9.68. The fourth-order valence-corrected chi connectivity index (χ4v) is 5.55. The van der Waals surface area contributed by atoms with Crippen LogP contribution < -0.4 is 0 Å². The molecule has 3 nitrogen and oxygen atoms in total. The van der Waals surface area contributed by atoms with Gasteiger partial charge in [0.1, 0.15) is 5.52 Å². The minimum absolute atomic E-state index is 0.629. The molecule has 0 bridgehead atoms. The maximum absolute atomic E-state index is 6.17. The van der Waals surface area contributed by atoms with Crippen LogP contribution >= 0.6 is 0 Å². The molecule has 6 aromatic carbocycles. The van der Waals surface area contributed by atoms with Crippen molar-refractivity contribution in [3.8, 4) is 28.3 Å². The summed E-state index contributed by atoms with van der Waals surface area (Å²) >= 11 is 0. The van der Waals surface area contributed by atoms with E-state index in [4.69, 9.17) is 9.40 Å². The summed E-state index contributed by atoms with van der Waals surface area (Å²) in [5.74, 6) is 0.629. The third kappa shape index (κ3) is 3.26. The smallest absolute Gasteiger partial charge is 0.227 e. The topological polar surface area (TPSA) is 31.0 Å². The van der Waals surface area contributed by atoms with Crippen molar-refractivity contribution < 1.29 is 4.42 Å². The number of hydrogen-bond acceptors (Lipinski definition) is 2. The van der Waals surface area contributed by atoms with Crippen LogP contribution in [0.15, 0.2) is 138 Å². The third-order valence-electron chi connectivity index (χ3n) is 7.42. The van der Waals surface area contributed by atoms with Gasteiger partial charge in [0.2, 0.25) is 5.89 Å². The van der Waals surface area contributed by atoms with Crippen LogP contribution in [0.3, 0.4) is 0 Å². The molecular formula is C35H22N2O. The van der Waals surface area contributed by atoms with Gasteiger partial charge in [-0.05, 0) is 76.5 Å². The SMILES string of the molecule is c1ccc2cc(-c3ccc4oc(-c5ccc(-n6c7ccccc7c7ccccc76)cc5)nc4c3)ccc2c1. The number of rotatable bonds is 3. The Balaban J connectivity index is 1.18. The van der Waals surface area contributed by atoms with Crippen molar-refractivity contribution in [2.75, 3.05) is 0 Å². The lowest BCUT2D eigenvalue weighted by Gasteiger charge is -2.08. The molecule has 38 heavy (non-hydrogen) atoms. The normalized spacial score (nSPS) is 11.7. The van der Waals surface area contributed by atoms with Gasteiger partial charge < -0.3 is 8.98 Å². The van der Waals surface area contributed by atoms with Gasteiger partial charge in [0, 0.05) is 22.0 Å². The van der Waals surface area contributed by atoms with Crippen LogP contribution in [-0.4, -0.2) is 9.55 Å². The Bertz CT molecular complexity index is 2080. The Morgan fingerprint density at radius 2 is 1.11 bits per heavy atom. The summed E-state index contributed by atoms with van der Waals surface area (Å²) in [6.45, 7) is 0. The second-order valence-electron chi connectivity index (χ2n) is 9.68. The molecule has 0 fully saturated rings. The lowest BCUT2D eigenvalue weighted by molar-refractivity contribution is 0.620. The summed E-state index contributed by atoms with van der Waals surface area (Å²) in [5, 5.41) is 4.99. The first-order valence-corrected chi connectivity index (χ1v) is 12.8. The average molecular weight is 487 g/mol. The minimum Gasteiger partial charge on any atom is -0.436 e. The van der Waals surface area contributed by atoms with Gasteiger partial charge in [-0.1, -0.05) is 78.9 Å². The highest BCUT2D eigenvalue weighted by molar-refractivity contribution is 6.09. The first-order chi connectivity index (χ1) is 18.8. The molecule has 0 aliphatic carbocycles. The van der Waals surface area contributed by atoms with Gasteiger partial charge in [0.05, 0.1) is 11.0 Å². The third-order valence-corrected chi connectivity index (χ3v) is 7.42. The maximum atomic E-state index is 6.17. The number of aromatic nitrogens is 2. The molecule has 0 atom stereocenters. The van der Waals surface area contributed by atoms with Crippen LogP contribution in [0.5, 0.6) is 0 Å². The molecule has 0 aliphatic heterocycles. The molecule has 0 amide bonds. The molecule has 2 heterocycles. The molecule has 0 saturated heterocycles. The van der Waals surface area contributed by atoms with Crippen LogP contribution in [0.2, 0.25) is 0 Å². The van der Waals surface area contributed by atoms with Crippen LogP contribution in [0.1, 0.15) is 0 Å². The molecular weight excluding hydrogens is 464 g/mol. The highest BCUT2D eigenvalue weighted by Gasteiger charge is 2.13. The zero-order valence-electron chi connectivity index (χ0n) is 20.5. The number of hydrogen-bond donors (Lipinski definition) is 0. The number of oxazole rings is 1. The highest BCUT2D eigenvalue weighted by Crippen LogP contribution is 2.34. The van der Waals surface area contributed by atoms with Crippen molar-refractivity contribution in [1.82, 2.24) is 9.55 Å². The zero-order valence-corrected chi connectivity index (χ0v) is 20.5. The van der Waals surface area contributed by atoms with Crippen LogP contribution in [0, 0.1) is 0 Å². The van der Waals surface area contributed by atoms with Gasteiger partial charge in [-0.25, -0.2) is 4.98 Å². The first kappa shape index (κ1) is 21.0. The van der Waals surface area contributed by atoms with Gasteiger partial charge in [0.15, 0.2) is 5.58 Å². The monoisotopic (exact) mass is 486 g/mol. The Morgan fingerprint density at radius 3 is 1.87 bits per heavy atom. The summed E-state index contributed by atoms with van der Waals surface area (Å²) in [5.41, 5.74) is 8.41. The Kier molecular flexibility index (Phi) is 4.52. The van der Waals surface area contributed by atoms with Gasteiger partial charge in [-0.2, -0.15) is 0 Å². The zero-order chi connectivity index (χ0) is 25.1. The Morgan fingerprint density at radius 1 is 0.500 bits per heavy atom. The molecule has 2 aromatic heterocycles. The fourth-order valence-electron chi connectivity index (χ4n) is 5.55. The maximum Gasteiger partial charge on any atom is 0.227 e. The van der Waals surface area contributed by atoms with E-state index in [-0.39, 0.29) is 0 Å². The van der Waals surface area contributed by atoms with E-state index in [9.17, 15) is 0 Å². The lowest BCUT2D eigenvalue weighted by atomic mass is 10.0. The minimum atomic E-state index is 0.629. The Hall–Kier alpha value is -5.15. The van der Waals surface area contributed by atoms with E-state index in [2.05, 4.69) is 132 Å². The van der Waals surface area contributed by atoms with E-state index in [0.29, 0.717) is 5.89 Å². The van der Waals surface area contributed by atoms with Crippen molar-refractivity contribution >= 4 is 43.7 Å². The molecule has 178 valence electrons. The number of benzene rings is 6. The standard InChI is InChI=1S/C35H22N2O/c1-2-8-25-21-26(14-13-23(25)7-1)27-17-20-34-31(22-27)36-35(38-34)24-15-18-28(19-16-24)37-32-11-5-3-9-29(32)30-10-4-6-12-33(30)37/h1-22H. The predicted molar refractivity (Wildman–Crippen MR) is 157 cm³/mol. The number of para-hydroxylation sites is 2. The summed E-state index contributed by atoms with van der Waals surface area (Å²) in [6.07, 6.45) is 0. The second kappa shape index (κ2) is 8.19. The summed E-state index contributed by atoms with van der Waals surface area (Å²) in [7, 11) is 0. The molecule has 3 heteroatoms. The van der Waals surface area contributed by atoms with Crippen molar-refractivity contribution in [3.63, 3.8) is 0 Å². The quantitative estimate of drug-likeness (QED) is 0.249. The van der Waals surface area contributed by atoms with Crippen LogP contribution in [0.25, 0.3) is 71.9 Å². The molecule has 0 N–H and O–H groups in total. The van der Waals surface area contributed by atoms with E-state index >= 15 is 0 Å². The summed E-state index contributed by atoms with van der Waals surface area (Å²) < 4.78 is 8.48. The van der Waals surface area contributed by atoms with E-state index < -0.39 is 0 Å². The van der Waals surface area contributed by atoms with E-state index in [1.165, 1.54) is 38.1 Å². The molecule has 0 spiro atoms. The molecule has 0 radical (unpaired) electrons. The largest absolute Gasteiger partial charge is 0.436 e. The van der Waals surface area contributed by atoms with E-state index in [1.807, 2.05) is 6.07 Å². The van der Waals surface area contributed by atoms with Gasteiger partial charge in [0.25, 0.3) is 0 Å².